The van der Waals surface area contributed by atoms with E-state index in [9.17, 15) is 4.79 Å². The number of halogens is 1. The predicted octanol–water partition coefficient (Wildman–Crippen LogP) is 5.72. The summed E-state index contributed by atoms with van der Waals surface area (Å²) in [6, 6.07) is 15.6. The number of hydrogen-bond acceptors (Lipinski definition) is 5. The SMILES string of the molecule is CCC[C@H](Sc1nnc(-c2ccccc2Cl)n1-c1ccccc1C)C(=O)OCC. The van der Waals surface area contributed by atoms with Crippen LogP contribution in [0.5, 0.6) is 0 Å². The summed E-state index contributed by atoms with van der Waals surface area (Å²) in [5, 5.41) is 9.76. The third-order valence-corrected chi connectivity index (χ3v) is 5.97. The average Bonchev–Trinajstić information content (AvgIpc) is 3.11. The monoisotopic (exact) mass is 429 g/mol. The molecule has 0 radical (unpaired) electrons. The lowest BCUT2D eigenvalue weighted by atomic mass is 10.1. The van der Waals surface area contributed by atoms with Crippen LogP contribution >= 0.6 is 23.4 Å². The summed E-state index contributed by atoms with van der Waals surface area (Å²) in [6.45, 7) is 6.26. The van der Waals surface area contributed by atoms with Crippen molar-refractivity contribution in [2.45, 2.75) is 44.0 Å². The van der Waals surface area contributed by atoms with Crippen molar-refractivity contribution in [3.8, 4) is 17.1 Å². The number of carbonyl (C=O) groups is 1. The largest absolute Gasteiger partial charge is 0.465 e. The molecule has 0 N–H and O–H groups in total. The Labute approximate surface area is 180 Å². The number of carbonyl (C=O) groups excluding carboxylic acids is 1. The van der Waals surface area contributed by atoms with Gasteiger partial charge in [-0.05, 0) is 44.0 Å². The number of benzene rings is 2. The lowest BCUT2D eigenvalue weighted by Gasteiger charge is -2.17. The van der Waals surface area contributed by atoms with E-state index in [1.807, 2.05) is 73.9 Å². The standard InChI is InChI=1S/C22H24ClN3O2S/c1-4-10-19(21(27)28-5-2)29-22-25-24-20(16-12-7-8-13-17(16)23)26(22)18-14-9-6-11-15(18)3/h6-9,11-14,19H,4-5,10H2,1-3H3/t19-/m0/s1. The molecule has 0 saturated heterocycles. The molecule has 0 fully saturated rings. The second-order valence-electron chi connectivity index (χ2n) is 6.56. The molecular formula is C22H24ClN3O2S. The number of para-hydroxylation sites is 1. The van der Waals surface area contributed by atoms with E-state index in [4.69, 9.17) is 16.3 Å². The molecule has 3 aromatic rings. The number of thioether (sulfide) groups is 1. The topological polar surface area (TPSA) is 57.0 Å². The van der Waals surface area contributed by atoms with Crippen molar-refractivity contribution in [1.29, 1.82) is 0 Å². The van der Waals surface area contributed by atoms with Crippen LogP contribution in [-0.4, -0.2) is 32.6 Å². The Morgan fingerprint density at radius 3 is 2.55 bits per heavy atom. The maximum atomic E-state index is 12.5. The lowest BCUT2D eigenvalue weighted by Crippen LogP contribution is -2.21. The third kappa shape index (κ3) is 4.82. The molecule has 0 aliphatic rings. The maximum Gasteiger partial charge on any atom is 0.319 e. The smallest absolute Gasteiger partial charge is 0.319 e. The van der Waals surface area contributed by atoms with E-state index < -0.39 is 0 Å². The van der Waals surface area contributed by atoms with Crippen molar-refractivity contribution in [2.75, 3.05) is 6.61 Å². The van der Waals surface area contributed by atoms with Gasteiger partial charge in [-0.3, -0.25) is 9.36 Å². The highest BCUT2D eigenvalue weighted by Gasteiger charge is 2.26. The van der Waals surface area contributed by atoms with Gasteiger partial charge in [0, 0.05) is 5.56 Å². The van der Waals surface area contributed by atoms with Crippen molar-refractivity contribution in [3.05, 3.63) is 59.1 Å². The molecule has 3 rings (SSSR count). The zero-order chi connectivity index (χ0) is 20.8. The second-order valence-corrected chi connectivity index (χ2v) is 8.13. The average molecular weight is 430 g/mol. The fraction of sp³-hybridized carbons (Fsp3) is 0.318. The van der Waals surface area contributed by atoms with Crippen LogP contribution in [0.4, 0.5) is 0 Å². The van der Waals surface area contributed by atoms with Crippen LogP contribution < -0.4 is 0 Å². The van der Waals surface area contributed by atoms with Crippen LogP contribution in [0.15, 0.2) is 53.7 Å². The molecule has 7 heteroatoms. The molecular weight excluding hydrogens is 406 g/mol. The Balaban J connectivity index is 2.12. The van der Waals surface area contributed by atoms with E-state index in [1.165, 1.54) is 11.8 Å². The van der Waals surface area contributed by atoms with Crippen molar-refractivity contribution < 1.29 is 9.53 Å². The van der Waals surface area contributed by atoms with Crippen molar-refractivity contribution >= 4 is 29.3 Å². The first kappa shape index (κ1) is 21.4. The number of hydrogen-bond donors (Lipinski definition) is 0. The Kier molecular flexibility index (Phi) is 7.34. The number of aromatic nitrogens is 3. The van der Waals surface area contributed by atoms with E-state index in [0.717, 1.165) is 23.2 Å². The Morgan fingerprint density at radius 1 is 1.14 bits per heavy atom. The minimum Gasteiger partial charge on any atom is -0.465 e. The first-order chi connectivity index (χ1) is 14.1. The fourth-order valence-corrected chi connectivity index (χ4v) is 4.42. The normalized spacial score (nSPS) is 12.0. The van der Waals surface area contributed by atoms with Crippen LogP contribution in [0.1, 0.15) is 32.3 Å². The van der Waals surface area contributed by atoms with Crippen LogP contribution in [0, 0.1) is 6.92 Å². The highest BCUT2D eigenvalue weighted by atomic mass is 35.5. The van der Waals surface area contributed by atoms with Crippen molar-refractivity contribution in [3.63, 3.8) is 0 Å². The quantitative estimate of drug-likeness (QED) is 0.338. The molecule has 0 aliphatic heterocycles. The van der Waals surface area contributed by atoms with Crippen LogP contribution in [0.25, 0.3) is 17.1 Å². The summed E-state index contributed by atoms with van der Waals surface area (Å²) < 4.78 is 7.25. The van der Waals surface area contributed by atoms with E-state index in [0.29, 0.717) is 29.0 Å². The van der Waals surface area contributed by atoms with E-state index in [-0.39, 0.29) is 11.2 Å². The van der Waals surface area contributed by atoms with Crippen molar-refractivity contribution in [1.82, 2.24) is 14.8 Å². The summed E-state index contributed by atoms with van der Waals surface area (Å²) in [4.78, 5) is 12.5. The number of aryl methyl sites for hydroxylation is 1. The second kappa shape index (κ2) is 9.94. The molecule has 0 saturated carbocycles. The minimum atomic E-state index is -0.342. The first-order valence-corrected chi connectivity index (χ1v) is 10.9. The van der Waals surface area contributed by atoms with Gasteiger partial charge in [0.2, 0.25) is 0 Å². The molecule has 5 nitrogen and oxygen atoms in total. The minimum absolute atomic E-state index is 0.224. The molecule has 152 valence electrons. The van der Waals surface area contributed by atoms with Gasteiger partial charge in [0.15, 0.2) is 11.0 Å². The Bertz CT molecular complexity index is 990. The zero-order valence-corrected chi connectivity index (χ0v) is 18.3. The van der Waals surface area contributed by atoms with Crippen LogP contribution in [0.2, 0.25) is 5.02 Å². The molecule has 1 atom stereocenters. The summed E-state index contributed by atoms with van der Waals surface area (Å²) >= 11 is 7.84. The van der Waals surface area contributed by atoms with Gasteiger partial charge < -0.3 is 4.74 Å². The van der Waals surface area contributed by atoms with E-state index in [2.05, 4.69) is 10.2 Å². The lowest BCUT2D eigenvalue weighted by molar-refractivity contribution is -0.142. The first-order valence-electron chi connectivity index (χ1n) is 9.66. The van der Waals surface area contributed by atoms with Gasteiger partial charge >= 0.3 is 5.97 Å². The van der Waals surface area contributed by atoms with E-state index in [1.54, 1.807) is 0 Å². The fourth-order valence-electron chi connectivity index (χ4n) is 3.04. The summed E-state index contributed by atoms with van der Waals surface area (Å²) in [6.07, 6.45) is 1.57. The van der Waals surface area contributed by atoms with Gasteiger partial charge in [0.1, 0.15) is 5.25 Å². The van der Waals surface area contributed by atoms with Gasteiger partial charge in [0.05, 0.1) is 17.3 Å². The summed E-state index contributed by atoms with van der Waals surface area (Å²) in [5.74, 6) is 0.421. The molecule has 2 aromatic carbocycles. The molecule has 0 spiro atoms. The molecule has 0 bridgehead atoms. The highest BCUT2D eigenvalue weighted by Crippen LogP contribution is 2.35. The summed E-state index contributed by atoms with van der Waals surface area (Å²) in [5.41, 5.74) is 2.82. The van der Waals surface area contributed by atoms with Gasteiger partial charge in [-0.25, -0.2) is 0 Å². The number of esters is 1. The maximum absolute atomic E-state index is 12.5. The third-order valence-electron chi connectivity index (χ3n) is 4.45. The zero-order valence-electron chi connectivity index (χ0n) is 16.8. The van der Waals surface area contributed by atoms with Crippen LogP contribution in [0.3, 0.4) is 0 Å². The van der Waals surface area contributed by atoms with Crippen LogP contribution in [-0.2, 0) is 9.53 Å². The number of nitrogens with zero attached hydrogens (tertiary/aromatic N) is 3. The molecule has 0 unspecified atom stereocenters. The van der Waals surface area contributed by atoms with Gasteiger partial charge in [0.25, 0.3) is 0 Å². The Morgan fingerprint density at radius 2 is 1.86 bits per heavy atom. The van der Waals surface area contributed by atoms with Gasteiger partial charge in [-0.2, -0.15) is 0 Å². The highest BCUT2D eigenvalue weighted by molar-refractivity contribution is 8.00. The van der Waals surface area contributed by atoms with Crippen molar-refractivity contribution in [2.24, 2.45) is 0 Å². The number of ether oxygens (including phenoxy) is 1. The van der Waals surface area contributed by atoms with Gasteiger partial charge in [-0.15, -0.1) is 10.2 Å². The number of rotatable bonds is 8. The molecule has 0 aliphatic carbocycles. The summed E-state index contributed by atoms with van der Waals surface area (Å²) in [7, 11) is 0. The predicted molar refractivity (Wildman–Crippen MR) is 118 cm³/mol. The molecule has 1 aromatic heterocycles. The molecule has 0 amide bonds. The van der Waals surface area contributed by atoms with Gasteiger partial charge in [-0.1, -0.05) is 67.0 Å². The molecule has 1 heterocycles. The Hall–Kier alpha value is -2.31. The molecule has 29 heavy (non-hydrogen) atoms. The van der Waals surface area contributed by atoms with E-state index >= 15 is 0 Å².